The van der Waals surface area contributed by atoms with Crippen LogP contribution in [0.25, 0.3) is 11.0 Å². The van der Waals surface area contributed by atoms with Gasteiger partial charge in [-0.2, -0.15) is 0 Å². The topological polar surface area (TPSA) is 92.6 Å². The number of nitrogens with two attached hydrogens (primary N) is 1. The summed E-state index contributed by atoms with van der Waals surface area (Å²) < 4.78 is 5.52. The Morgan fingerprint density at radius 1 is 1.36 bits per heavy atom. The monoisotopic (exact) mass is 300 g/mol. The third-order valence-electron chi connectivity index (χ3n) is 3.83. The van der Waals surface area contributed by atoms with Gasteiger partial charge in [-0.15, -0.1) is 0 Å². The molecule has 1 aliphatic heterocycles. The van der Waals surface area contributed by atoms with E-state index in [4.69, 9.17) is 10.2 Å². The minimum atomic E-state index is -0.0528. The summed E-state index contributed by atoms with van der Waals surface area (Å²) >= 11 is 0. The normalized spacial score (nSPS) is 16.9. The van der Waals surface area contributed by atoms with Crippen LogP contribution in [0.15, 0.2) is 33.7 Å². The summed E-state index contributed by atoms with van der Waals surface area (Å²) in [5, 5.41) is 6.89. The van der Waals surface area contributed by atoms with Crippen LogP contribution < -0.4 is 16.4 Å². The molecule has 2 aromatic rings. The first-order chi connectivity index (χ1) is 10.6. The molecule has 4 N–H and O–H groups in total. The molecule has 1 aliphatic rings. The van der Waals surface area contributed by atoms with Gasteiger partial charge in [-0.05, 0) is 57.1 Å². The van der Waals surface area contributed by atoms with Crippen LogP contribution in [0.3, 0.4) is 0 Å². The third kappa shape index (κ3) is 3.28. The second-order valence-electron chi connectivity index (χ2n) is 5.59. The van der Waals surface area contributed by atoms with Crippen molar-refractivity contribution in [1.29, 1.82) is 0 Å². The zero-order valence-corrected chi connectivity index (χ0v) is 12.6. The lowest BCUT2D eigenvalue weighted by atomic mass is 9.97. The number of nitrogens with zero attached hydrogens (tertiary/aromatic N) is 1. The van der Waals surface area contributed by atoms with Gasteiger partial charge in [-0.1, -0.05) is 0 Å². The van der Waals surface area contributed by atoms with E-state index in [1.807, 2.05) is 31.2 Å². The lowest BCUT2D eigenvalue weighted by Crippen LogP contribution is -2.43. The Bertz CT molecular complexity index is 714. The Kier molecular flexibility index (Phi) is 4.11. The van der Waals surface area contributed by atoms with E-state index in [2.05, 4.69) is 15.6 Å². The van der Waals surface area contributed by atoms with Crippen LogP contribution in [-0.2, 0) is 4.79 Å². The van der Waals surface area contributed by atoms with Gasteiger partial charge in [-0.25, -0.2) is 4.99 Å². The van der Waals surface area contributed by atoms with Crippen LogP contribution in [0.2, 0.25) is 0 Å². The number of carbonyl (C=O) groups excluding carboxylic acids is 1. The van der Waals surface area contributed by atoms with E-state index in [1.165, 1.54) is 0 Å². The van der Waals surface area contributed by atoms with Crippen LogP contribution in [0.1, 0.15) is 18.6 Å². The number of nitrogens with one attached hydrogen (secondary N) is 2. The second-order valence-corrected chi connectivity index (χ2v) is 5.59. The van der Waals surface area contributed by atoms with E-state index in [1.54, 1.807) is 0 Å². The van der Waals surface area contributed by atoms with Crippen LogP contribution in [0, 0.1) is 12.8 Å². The van der Waals surface area contributed by atoms with Crippen molar-refractivity contribution in [3.63, 3.8) is 0 Å². The highest BCUT2D eigenvalue weighted by atomic mass is 16.3. The van der Waals surface area contributed by atoms with Crippen molar-refractivity contribution in [2.45, 2.75) is 19.8 Å². The summed E-state index contributed by atoms with van der Waals surface area (Å²) in [7, 11) is 0. The van der Waals surface area contributed by atoms with E-state index < -0.39 is 0 Å². The Balaban J connectivity index is 1.70. The Morgan fingerprint density at radius 3 is 2.91 bits per heavy atom. The molecule has 1 aromatic heterocycles. The molecule has 1 saturated heterocycles. The number of hydrogen-bond donors (Lipinski definition) is 3. The highest BCUT2D eigenvalue weighted by Crippen LogP contribution is 2.24. The summed E-state index contributed by atoms with van der Waals surface area (Å²) in [5.41, 5.74) is 7.35. The predicted molar refractivity (Wildman–Crippen MR) is 86.0 cm³/mol. The fourth-order valence-electron chi connectivity index (χ4n) is 2.71. The Hall–Kier alpha value is -2.34. The van der Waals surface area contributed by atoms with Crippen molar-refractivity contribution in [1.82, 2.24) is 10.6 Å². The standard InChI is InChI=1S/C16H20N4O2/c1-10-8-12-9-13(2-3-14(12)22-10)19-16(17)20-15(21)11-4-6-18-7-5-11/h2-3,8-9,11,18H,4-7H2,1H3,(H3,17,19,20,21). The maximum absolute atomic E-state index is 12.1. The third-order valence-corrected chi connectivity index (χ3v) is 3.83. The predicted octanol–water partition coefficient (Wildman–Crippen LogP) is 1.80. The highest BCUT2D eigenvalue weighted by molar-refractivity contribution is 5.98. The summed E-state index contributed by atoms with van der Waals surface area (Å²) in [5.74, 6) is 0.934. The quantitative estimate of drug-likeness (QED) is 0.582. The maximum Gasteiger partial charge on any atom is 0.229 e. The van der Waals surface area contributed by atoms with Crippen molar-refractivity contribution in [2.75, 3.05) is 13.1 Å². The molecule has 0 atom stereocenters. The van der Waals surface area contributed by atoms with Gasteiger partial charge in [0.05, 0.1) is 5.69 Å². The molecular formula is C16H20N4O2. The van der Waals surface area contributed by atoms with E-state index in [-0.39, 0.29) is 17.8 Å². The minimum Gasteiger partial charge on any atom is -0.461 e. The van der Waals surface area contributed by atoms with Gasteiger partial charge in [0.25, 0.3) is 0 Å². The average molecular weight is 300 g/mol. The average Bonchev–Trinajstić information content (AvgIpc) is 2.87. The number of amides is 1. The first-order valence-electron chi connectivity index (χ1n) is 7.48. The zero-order chi connectivity index (χ0) is 15.5. The largest absolute Gasteiger partial charge is 0.461 e. The van der Waals surface area contributed by atoms with Gasteiger partial charge in [0.1, 0.15) is 11.3 Å². The molecule has 1 amide bonds. The number of hydrogen-bond acceptors (Lipinski definition) is 4. The summed E-state index contributed by atoms with van der Waals surface area (Å²) in [6.45, 7) is 3.63. The van der Waals surface area contributed by atoms with Gasteiger partial charge in [0.2, 0.25) is 11.9 Å². The van der Waals surface area contributed by atoms with Crippen LogP contribution in [0.5, 0.6) is 0 Å². The fourth-order valence-corrected chi connectivity index (χ4v) is 2.71. The first kappa shape index (κ1) is 14.6. The molecule has 1 aromatic carbocycles. The van der Waals surface area contributed by atoms with Gasteiger partial charge in [0.15, 0.2) is 0 Å². The van der Waals surface area contributed by atoms with E-state index in [0.717, 1.165) is 42.7 Å². The molecular weight excluding hydrogens is 280 g/mol. The molecule has 0 saturated carbocycles. The summed E-state index contributed by atoms with van der Waals surface area (Å²) in [6.07, 6.45) is 1.67. The number of aliphatic imine (C=N–C) groups is 1. The van der Waals surface area contributed by atoms with Gasteiger partial charge < -0.3 is 15.5 Å². The van der Waals surface area contributed by atoms with Crippen LogP contribution in [-0.4, -0.2) is 25.0 Å². The number of benzene rings is 1. The van der Waals surface area contributed by atoms with Crippen LogP contribution in [0.4, 0.5) is 5.69 Å². The molecule has 3 rings (SSSR count). The first-order valence-corrected chi connectivity index (χ1v) is 7.48. The molecule has 6 heteroatoms. The number of fused-ring (bicyclic) bond motifs is 1. The Labute approximate surface area is 128 Å². The summed E-state index contributed by atoms with van der Waals surface area (Å²) in [4.78, 5) is 16.4. The van der Waals surface area contributed by atoms with Gasteiger partial charge in [0, 0.05) is 11.3 Å². The summed E-state index contributed by atoms with van der Waals surface area (Å²) in [6, 6.07) is 7.49. The van der Waals surface area contributed by atoms with Crippen molar-refractivity contribution in [2.24, 2.45) is 16.6 Å². The van der Waals surface area contributed by atoms with Crippen molar-refractivity contribution in [3.05, 3.63) is 30.0 Å². The van der Waals surface area contributed by atoms with Crippen LogP contribution >= 0.6 is 0 Å². The number of rotatable bonds is 2. The molecule has 0 radical (unpaired) electrons. The molecule has 6 nitrogen and oxygen atoms in total. The van der Waals surface area contributed by atoms with E-state index in [9.17, 15) is 4.79 Å². The van der Waals surface area contributed by atoms with E-state index >= 15 is 0 Å². The maximum atomic E-state index is 12.1. The number of guanidine groups is 1. The zero-order valence-electron chi connectivity index (χ0n) is 12.6. The molecule has 0 unspecified atom stereocenters. The minimum absolute atomic E-state index is 0.00834. The fraction of sp³-hybridized carbons (Fsp3) is 0.375. The lowest BCUT2D eigenvalue weighted by molar-refractivity contribution is -0.124. The molecule has 116 valence electrons. The van der Waals surface area contributed by atoms with E-state index in [0.29, 0.717) is 5.69 Å². The molecule has 0 spiro atoms. The molecule has 1 fully saturated rings. The van der Waals surface area contributed by atoms with Gasteiger partial charge in [-0.3, -0.25) is 10.1 Å². The Morgan fingerprint density at radius 2 is 2.14 bits per heavy atom. The number of carbonyl (C=O) groups is 1. The number of piperidine rings is 1. The molecule has 2 heterocycles. The second kappa shape index (κ2) is 6.19. The highest BCUT2D eigenvalue weighted by Gasteiger charge is 2.21. The molecule has 0 aliphatic carbocycles. The van der Waals surface area contributed by atoms with Gasteiger partial charge >= 0.3 is 0 Å². The number of furan rings is 1. The molecule has 22 heavy (non-hydrogen) atoms. The number of aryl methyl sites for hydroxylation is 1. The molecule has 0 bridgehead atoms. The SMILES string of the molecule is Cc1cc2cc(N=C(N)NC(=O)C3CCNCC3)ccc2o1. The van der Waals surface area contributed by atoms with Crippen molar-refractivity contribution < 1.29 is 9.21 Å². The van der Waals surface area contributed by atoms with Crippen molar-refractivity contribution >= 4 is 28.5 Å². The lowest BCUT2D eigenvalue weighted by Gasteiger charge is -2.21. The smallest absolute Gasteiger partial charge is 0.229 e. The van der Waals surface area contributed by atoms with Crippen molar-refractivity contribution in [3.8, 4) is 0 Å².